The first-order chi connectivity index (χ1) is 9.13. The lowest BCUT2D eigenvalue weighted by Gasteiger charge is -2.24. The van der Waals surface area contributed by atoms with E-state index in [2.05, 4.69) is 5.32 Å². The topological polar surface area (TPSA) is 92.7 Å². The van der Waals surface area contributed by atoms with Crippen LogP contribution in [0.25, 0.3) is 0 Å². The average molecular weight is 307 g/mol. The normalized spacial score (nSPS) is 26.6. The Labute approximate surface area is 120 Å². The fraction of sp³-hybridized carbons (Fsp3) is 0.923. The SMILES string of the molecule is CC(C)(C)OC(=O)NCC1CCS(=O)(=O)CCC1CO. The standard InChI is InChI=1S/C13H25NO5S/c1-13(2,3)19-12(16)14-8-10-4-6-20(17,18)7-5-11(10)9-15/h10-11,15H,4-9H2,1-3H3,(H,14,16). The van der Waals surface area contributed by atoms with Crippen molar-refractivity contribution >= 4 is 15.9 Å². The highest BCUT2D eigenvalue weighted by atomic mass is 32.2. The van der Waals surface area contributed by atoms with Crippen molar-refractivity contribution in [3.63, 3.8) is 0 Å². The number of rotatable bonds is 3. The van der Waals surface area contributed by atoms with E-state index in [-0.39, 0.29) is 29.9 Å². The molecule has 20 heavy (non-hydrogen) atoms. The largest absolute Gasteiger partial charge is 0.444 e. The molecule has 0 spiro atoms. The van der Waals surface area contributed by atoms with Crippen LogP contribution < -0.4 is 5.32 Å². The third kappa shape index (κ3) is 6.09. The summed E-state index contributed by atoms with van der Waals surface area (Å²) in [6.45, 7) is 5.61. The van der Waals surface area contributed by atoms with Crippen LogP contribution >= 0.6 is 0 Å². The van der Waals surface area contributed by atoms with Gasteiger partial charge in [0, 0.05) is 13.2 Å². The first-order valence-corrected chi connectivity index (χ1v) is 8.73. The maximum absolute atomic E-state index is 11.6. The van der Waals surface area contributed by atoms with Gasteiger partial charge >= 0.3 is 6.09 Å². The van der Waals surface area contributed by atoms with E-state index in [0.29, 0.717) is 19.4 Å². The molecule has 0 aromatic heterocycles. The van der Waals surface area contributed by atoms with E-state index >= 15 is 0 Å². The summed E-state index contributed by atoms with van der Waals surface area (Å²) in [4.78, 5) is 11.6. The van der Waals surface area contributed by atoms with Crippen molar-refractivity contribution in [1.82, 2.24) is 5.32 Å². The van der Waals surface area contributed by atoms with Gasteiger partial charge in [0.1, 0.15) is 15.4 Å². The van der Waals surface area contributed by atoms with Gasteiger partial charge < -0.3 is 15.2 Å². The maximum atomic E-state index is 11.6. The Morgan fingerprint density at radius 3 is 2.30 bits per heavy atom. The number of nitrogens with one attached hydrogen (secondary N) is 1. The molecular weight excluding hydrogens is 282 g/mol. The van der Waals surface area contributed by atoms with Gasteiger partial charge in [-0.15, -0.1) is 0 Å². The van der Waals surface area contributed by atoms with Gasteiger partial charge in [0.05, 0.1) is 11.5 Å². The maximum Gasteiger partial charge on any atom is 0.407 e. The van der Waals surface area contributed by atoms with E-state index in [4.69, 9.17) is 4.74 Å². The first kappa shape index (κ1) is 17.2. The Kier molecular flexibility index (Phi) is 5.82. The van der Waals surface area contributed by atoms with E-state index in [1.165, 1.54) is 0 Å². The summed E-state index contributed by atoms with van der Waals surface area (Å²) in [7, 11) is -3.02. The Balaban J connectivity index is 2.54. The lowest BCUT2D eigenvalue weighted by Crippen LogP contribution is -2.37. The van der Waals surface area contributed by atoms with Crippen molar-refractivity contribution in [2.24, 2.45) is 11.8 Å². The molecule has 1 saturated heterocycles. The Morgan fingerprint density at radius 2 is 1.80 bits per heavy atom. The van der Waals surface area contributed by atoms with Gasteiger partial charge in [-0.05, 0) is 45.4 Å². The molecule has 1 amide bonds. The number of hydrogen-bond acceptors (Lipinski definition) is 5. The zero-order valence-electron chi connectivity index (χ0n) is 12.4. The van der Waals surface area contributed by atoms with Crippen molar-refractivity contribution < 1.29 is 23.1 Å². The van der Waals surface area contributed by atoms with Crippen LogP contribution in [0, 0.1) is 11.8 Å². The Morgan fingerprint density at radius 1 is 1.25 bits per heavy atom. The van der Waals surface area contributed by atoms with Crippen LogP contribution in [0.4, 0.5) is 4.79 Å². The summed E-state index contributed by atoms with van der Waals surface area (Å²) in [6, 6.07) is 0. The van der Waals surface area contributed by atoms with Gasteiger partial charge in [-0.3, -0.25) is 0 Å². The third-order valence-electron chi connectivity index (χ3n) is 3.41. The number of ether oxygens (including phenoxy) is 1. The predicted molar refractivity (Wildman–Crippen MR) is 76.2 cm³/mol. The molecule has 1 rings (SSSR count). The summed E-state index contributed by atoms with van der Waals surface area (Å²) in [5, 5.41) is 12.0. The van der Waals surface area contributed by atoms with Gasteiger partial charge in [0.15, 0.2) is 0 Å². The Hall–Kier alpha value is -0.820. The molecule has 2 unspecified atom stereocenters. The number of hydrogen-bond donors (Lipinski definition) is 2. The van der Waals surface area contributed by atoms with E-state index in [0.717, 1.165) is 0 Å². The van der Waals surface area contributed by atoms with Crippen LogP contribution in [0.2, 0.25) is 0 Å². The number of carbonyl (C=O) groups excluding carboxylic acids is 1. The van der Waals surface area contributed by atoms with E-state index in [1.54, 1.807) is 20.8 Å². The average Bonchev–Trinajstić information content (AvgIpc) is 2.43. The second-order valence-electron chi connectivity index (χ2n) is 6.31. The lowest BCUT2D eigenvalue weighted by atomic mass is 9.88. The molecule has 6 nitrogen and oxygen atoms in total. The predicted octanol–water partition coefficient (Wildman–Crippen LogP) is 0.944. The van der Waals surface area contributed by atoms with E-state index in [9.17, 15) is 18.3 Å². The summed E-state index contributed by atoms with van der Waals surface area (Å²) < 4.78 is 28.4. The molecule has 2 atom stereocenters. The number of aliphatic hydroxyl groups is 1. The molecule has 0 aromatic rings. The molecule has 0 bridgehead atoms. The number of amides is 1. The Bertz CT molecular complexity index is 427. The monoisotopic (exact) mass is 307 g/mol. The molecule has 1 aliphatic rings. The summed E-state index contributed by atoms with van der Waals surface area (Å²) in [5.41, 5.74) is -0.562. The van der Waals surface area contributed by atoms with Crippen molar-refractivity contribution in [3.05, 3.63) is 0 Å². The summed E-state index contributed by atoms with van der Waals surface area (Å²) in [6.07, 6.45) is 0.393. The minimum Gasteiger partial charge on any atom is -0.444 e. The smallest absolute Gasteiger partial charge is 0.407 e. The minimum absolute atomic E-state index is 0.0372. The number of alkyl carbamates (subject to hydrolysis) is 1. The van der Waals surface area contributed by atoms with Crippen molar-refractivity contribution in [1.29, 1.82) is 0 Å². The molecular formula is C13H25NO5S. The molecule has 118 valence electrons. The van der Waals surface area contributed by atoms with Crippen LogP contribution in [0.1, 0.15) is 33.6 Å². The molecule has 0 saturated carbocycles. The zero-order valence-corrected chi connectivity index (χ0v) is 13.2. The third-order valence-corrected chi connectivity index (χ3v) is 5.12. The van der Waals surface area contributed by atoms with Gasteiger partial charge in [-0.2, -0.15) is 0 Å². The number of aliphatic hydroxyl groups excluding tert-OH is 1. The van der Waals surface area contributed by atoms with Crippen LogP contribution in [-0.4, -0.2) is 49.9 Å². The molecule has 1 heterocycles. The highest BCUT2D eigenvalue weighted by Gasteiger charge is 2.29. The van der Waals surface area contributed by atoms with Crippen LogP contribution in [0.3, 0.4) is 0 Å². The lowest BCUT2D eigenvalue weighted by molar-refractivity contribution is 0.0505. The van der Waals surface area contributed by atoms with Crippen molar-refractivity contribution in [2.45, 2.75) is 39.2 Å². The van der Waals surface area contributed by atoms with Crippen LogP contribution in [0.5, 0.6) is 0 Å². The molecule has 0 aromatic carbocycles. The fourth-order valence-corrected chi connectivity index (χ4v) is 3.80. The zero-order chi connectivity index (χ0) is 15.4. The van der Waals surface area contributed by atoms with Gasteiger partial charge in [0.2, 0.25) is 0 Å². The highest BCUT2D eigenvalue weighted by Crippen LogP contribution is 2.24. The second kappa shape index (κ2) is 6.76. The fourth-order valence-electron chi connectivity index (χ4n) is 2.27. The molecule has 0 aliphatic carbocycles. The van der Waals surface area contributed by atoms with Gasteiger partial charge in [0.25, 0.3) is 0 Å². The summed E-state index contributed by atoms with van der Waals surface area (Å²) >= 11 is 0. The molecule has 7 heteroatoms. The van der Waals surface area contributed by atoms with E-state index in [1.807, 2.05) is 0 Å². The number of carbonyl (C=O) groups is 1. The highest BCUT2D eigenvalue weighted by molar-refractivity contribution is 7.91. The van der Waals surface area contributed by atoms with E-state index < -0.39 is 21.5 Å². The molecule has 1 aliphatic heterocycles. The van der Waals surface area contributed by atoms with Crippen molar-refractivity contribution in [2.75, 3.05) is 24.7 Å². The molecule has 2 N–H and O–H groups in total. The van der Waals surface area contributed by atoms with Crippen molar-refractivity contribution in [3.8, 4) is 0 Å². The minimum atomic E-state index is -3.02. The van der Waals surface area contributed by atoms with Crippen LogP contribution in [-0.2, 0) is 14.6 Å². The summed E-state index contributed by atoms with van der Waals surface area (Å²) in [5.74, 6) is 0.0951. The molecule has 1 fully saturated rings. The second-order valence-corrected chi connectivity index (χ2v) is 8.62. The quantitative estimate of drug-likeness (QED) is 0.809. The molecule has 0 radical (unpaired) electrons. The number of sulfone groups is 1. The van der Waals surface area contributed by atoms with Crippen LogP contribution in [0.15, 0.2) is 0 Å². The van der Waals surface area contributed by atoms with Gasteiger partial charge in [-0.25, -0.2) is 13.2 Å². The van der Waals surface area contributed by atoms with Gasteiger partial charge in [-0.1, -0.05) is 0 Å². The first-order valence-electron chi connectivity index (χ1n) is 6.91.